The van der Waals surface area contributed by atoms with Crippen molar-refractivity contribution in [2.75, 3.05) is 11.9 Å². The number of nitrogens with one attached hydrogen (secondary N) is 1. The number of nitrogens with zero attached hydrogens (tertiary/aromatic N) is 4. The van der Waals surface area contributed by atoms with Crippen molar-refractivity contribution in [1.29, 1.82) is 0 Å². The Bertz CT molecular complexity index is 627. The minimum absolute atomic E-state index is 0.0214. The molecule has 1 aromatic heterocycles. The highest BCUT2D eigenvalue weighted by Gasteiger charge is 2.22. The normalized spacial score (nSPS) is 14.0. The van der Waals surface area contributed by atoms with Crippen molar-refractivity contribution in [2.24, 2.45) is 5.92 Å². The monoisotopic (exact) mass is 291 g/mol. The second kappa shape index (κ2) is 5.86. The lowest BCUT2D eigenvalue weighted by atomic mass is 10.2. The van der Waals surface area contributed by atoms with Crippen LogP contribution in [0.4, 0.5) is 10.1 Å². The van der Waals surface area contributed by atoms with Gasteiger partial charge in [-0.15, -0.1) is 5.10 Å². The number of rotatable bonds is 6. The van der Waals surface area contributed by atoms with Crippen molar-refractivity contribution in [3.05, 3.63) is 30.3 Å². The van der Waals surface area contributed by atoms with E-state index in [-0.39, 0.29) is 12.5 Å². The van der Waals surface area contributed by atoms with E-state index in [1.165, 1.54) is 29.2 Å². The van der Waals surface area contributed by atoms with Gasteiger partial charge in [0.15, 0.2) is 0 Å². The molecular weight excluding hydrogens is 277 g/mol. The molecule has 2 aromatic rings. The molecule has 1 saturated carbocycles. The second-order valence-corrected chi connectivity index (χ2v) is 4.95. The number of carbonyl (C=O) groups is 1. The van der Waals surface area contributed by atoms with Gasteiger partial charge in [0.1, 0.15) is 24.4 Å². The molecule has 0 bridgehead atoms. The SMILES string of the molecule is O=C(Cn1cnnn1)Nc1ccc(F)cc1OCC1CC1. The van der Waals surface area contributed by atoms with Crippen molar-refractivity contribution in [1.82, 2.24) is 20.2 Å². The van der Waals surface area contributed by atoms with Gasteiger partial charge in [0.25, 0.3) is 0 Å². The summed E-state index contributed by atoms with van der Waals surface area (Å²) in [7, 11) is 0. The zero-order valence-corrected chi connectivity index (χ0v) is 11.2. The van der Waals surface area contributed by atoms with E-state index in [4.69, 9.17) is 4.74 Å². The zero-order chi connectivity index (χ0) is 14.7. The standard InChI is InChI=1S/C13H14FN5O2/c14-10-3-4-11(12(5-10)21-7-9-1-2-9)16-13(20)6-19-8-15-17-18-19/h3-5,8-9H,1-2,6-7H2,(H,16,20). The number of hydrogen-bond donors (Lipinski definition) is 1. The topological polar surface area (TPSA) is 81.9 Å². The summed E-state index contributed by atoms with van der Waals surface area (Å²) in [4.78, 5) is 11.9. The maximum atomic E-state index is 13.3. The van der Waals surface area contributed by atoms with Gasteiger partial charge in [-0.2, -0.15) is 0 Å². The molecule has 1 N–H and O–H groups in total. The molecule has 3 rings (SSSR count). The molecule has 1 aliphatic carbocycles. The molecule has 1 amide bonds. The van der Waals surface area contributed by atoms with Crippen LogP contribution in [0.3, 0.4) is 0 Å². The first kappa shape index (κ1) is 13.5. The van der Waals surface area contributed by atoms with Gasteiger partial charge in [-0.3, -0.25) is 4.79 Å². The average Bonchev–Trinajstić information content (AvgIpc) is 3.15. The molecule has 7 nitrogen and oxygen atoms in total. The molecule has 0 unspecified atom stereocenters. The van der Waals surface area contributed by atoms with E-state index >= 15 is 0 Å². The first-order valence-electron chi connectivity index (χ1n) is 6.63. The predicted octanol–water partition coefficient (Wildman–Crippen LogP) is 1.24. The van der Waals surface area contributed by atoms with Gasteiger partial charge in [0.05, 0.1) is 12.3 Å². The van der Waals surface area contributed by atoms with E-state index < -0.39 is 5.82 Å². The summed E-state index contributed by atoms with van der Waals surface area (Å²) in [6.07, 6.45) is 3.61. The Labute approximate surface area is 120 Å². The van der Waals surface area contributed by atoms with Crippen LogP contribution in [-0.4, -0.2) is 32.7 Å². The van der Waals surface area contributed by atoms with Crippen LogP contribution in [-0.2, 0) is 11.3 Å². The van der Waals surface area contributed by atoms with Crippen LogP contribution in [0.15, 0.2) is 24.5 Å². The number of halogens is 1. The Kier molecular flexibility index (Phi) is 3.76. The number of anilines is 1. The van der Waals surface area contributed by atoms with E-state index in [0.717, 1.165) is 12.8 Å². The van der Waals surface area contributed by atoms with E-state index in [2.05, 4.69) is 20.8 Å². The smallest absolute Gasteiger partial charge is 0.246 e. The van der Waals surface area contributed by atoms with Crippen LogP contribution in [0.2, 0.25) is 0 Å². The third-order valence-corrected chi connectivity index (χ3v) is 3.09. The maximum Gasteiger partial charge on any atom is 0.246 e. The summed E-state index contributed by atoms with van der Waals surface area (Å²) in [5, 5.41) is 13.2. The lowest BCUT2D eigenvalue weighted by Crippen LogP contribution is -2.19. The molecule has 1 heterocycles. The number of carbonyl (C=O) groups excluding carboxylic acids is 1. The first-order chi connectivity index (χ1) is 10.2. The van der Waals surface area contributed by atoms with Gasteiger partial charge in [-0.05, 0) is 41.3 Å². The number of hydrogen-bond acceptors (Lipinski definition) is 5. The minimum Gasteiger partial charge on any atom is -0.491 e. The molecule has 0 radical (unpaired) electrons. The van der Waals surface area contributed by atoms with Crippen LogP contribution in [0.5, 0.6) is 5.75 Å². The highest BCUT2D eigenvalue weighted by molar-refractivity contribution is 5.92. The maximum absolute atomic E-state index is 13.3. The number of aromatic nitrogens is 4. The zero-order valence-electron chi connectivity index (χ0n) is 11.2. The Morgan fingerprint density at radius 1 is 1.48 bits per heavy atom. The first-order valence-corrected chi connectivity index (χ1v) is 6.63. The van der Waals surface area contributed by atoms with Crippen LogP contribution in [0.25, 0.3) is 0 Å². The molecular formula is C13H14FN5O2. The number of benzene rings is 1. The van der Waals surface area contributed by atoms with E-state index in [0.29, 0.717) is 24.0 Å². The number of tetrazole rings is 1. The summed E-state index contributed by atoms with van der Waals surface area (Å²) < 4.78 is 20.2. The van der Waals surface area contributed by atoms with Crippen LogP contribution in [0.1, 0.15) is 12.8 Å². The summed E-state index contributed by atoms with van der Waals surface area (Å²) >= 11 is 0. The largest absolute Gasteiger partial charge is 0.491 e. The number of amides is 1. The van der Waals surface area contributed by atoms with Crippen molar-refractivity contribution >= 4 is 11.6 Å². The van der Waals surface area contributed by atoms with Gasteiger partial charge in [0, 0.05) is 6.07 Å². The Morgan fingerprint density at radius 2 is 2.33 bits per heavy atom. The molecule has 21 heavy (non-hydrogen) atoms. The quantitative estimate of drug-likeness (QED) is 0.866. The molecule has 1 aliphatic rings. The Hall–Kier alpha value is -2.51. The van der Waals surface area contributed by atoms with Gasteiger partial charge >= 0.3 is 0 Å². The fourth-order valence-corrected chi connectivity index (χ4v) is 1.80. The molecule has 0 atom stereocenters. The molecule has 1 aromatic carbocycles. The fourth-order valence-electron chi connectivity index (χ4n) is 1.80. The lowest BCUT2D eigenvalue weighted by molar-refractivity contribution is -0.116. The van der Waals surface area contributed by atoms with Gasteiger partial charge < -0.3 is 10.1 Å². The van der Waals surface area contributed by atoms with Gasteiger partial charge in [-0.25, -0.2) is 9.07 Å². The summed E-state index contributed by atoms with van der Waals surface area (Å²) in [5.41, 5.74) is 0.440. The number of ether oxygens (including phenoxy) is 1. The molecule has 8 heteroatoms. The highest BCUT2D eigenvalue weighted by atomic mass is 19.1. The predicted molar refractivity (Wildman–Crippen MR) is 71.1 cm³/mol. The van der Waals surface area contributed by atoms with Crippen LogP contribution < -0.4 is 10.1 Å². The third-order valence-electron chi connectivity index (χ3n) is 3.09. The minimum atomic E-state index is -0.403. The van der Waals surface area contributed by atoms with E-state index in [9.17, 15) is 9.18 Å². The summed E-state index contributed by atoms with van der Waals surface area (Å²) in [6, 6.07) is 4.03. The molecule has 0 spiro atoms. The van der Waals surface area contributed by atoms with Crippen molar-refractivity contribution < 1.29 is 13.9 Å². The molecule has 0 aliphatic heterocycles. The highest BCUT2D eigenvalue weighted by Crippen LogP contribution is 2.32. The van der Waals surface area contributed by atoms with E-state index in [1.807, 2.05) is 0 Å². The second-order valence-electron chi connectivity index (χ2n) is 4.95. The Morgan fingerprint density at radius 3 is 3.05 bits per heavy atom. The van der Waals surface area contributed by atoms with E-state index in [1.54, 1.807) is 0 Å². The molecule has 0 saturated heterocycles. The third kappa shape index (κ3) is 3.74. The average molecular weight is 291 g/mol. The van der Waals surface area contributed by atoms with Crippen LogP contribution >= 0.6 is 0 Å². The fraction of sp³-hybridized carbons (Fsp3) is 0.385. The van der Waals surface area contributed by atoms with Crippen molar-refractivity contribution in [2.45, 2.75) is 19.4 Å². The summed E-state index contributed by atoms with van der Waals surface area (Å²) in [6.45, 7) is 0.520. The lowest BCUT2D eigenvalue weighted by Gasteiger charge is -2.12. The summed E-state index contributed by atoms with van der Waals surface area (Å²) in [5.74, 6) is 0.162. The van der Waals surface area contributed by atoms with Crippen molar-refractivity contribution in [3.63, 3.8) is 0 Å². The van der Waals surface area contributed by atoms with Gasteiger partial charge in [0.2, 0.25) is 5.91 Å². The molecule has 1 fully saturated rings. The van der Waals surface area contributed by atoms with Gasteiger partial charge in [-0.1, -0.05) is 0 Å². The molecule has 110 valence electrons. The Balaban J connectivity index is 1.66. The van der Waals surface area contributed by atoms with Crippen molar-refractivity contribution in [3.8, 4) is 5.75 Å². The van der Waals surface area contributed by atoms with Crippen LogP contribution in [0, 0.1) is 11.7 Å².